The summed E-state index contributed by atoms with van der Waals surface area (Å²) in [4.78, 5) is 36.1. The number of nitrogens with one attached hydrogen (secondary N) is 1. The Morgan fingerprint density at radius 2 is 1.71 bits per heavy atom. The molecule has 1 aliphatic rings. The highest BCUT2D eigenvalue weighted by molar-refractivity contribution is 7.24. The van der Waals surface area contributed by atoms with Crippen LogP contribution in [0.1, 0.15) is 40.0 Å². The summed E-state index contributed by atoms with van der Waals surface area (Å²) in [7, 11) is 0. The maximum Gasteiger partial charge on any atom is 0.240 e. The Morgan fingerprint density at radius 1 is 1.03 bits per heavy atom. The number of rotatable bonds is 7. The minimum Gasteiger partial charge on any atom is -0.301 e. The van der Waals surface area contributed by atoms with Crippen molar-refractivity contribution in [1.82, 2.24) is 19.9 Å². The number of hydrogen-bond acceptors (Lipinski definition) is 8. The second kappa shape index (κ2) is 9.56. The van der Waals surface area contributed by atoms with Crippen molar-refractivity contribution >= 4 is 65.2 Å². The number of fused-ring (bicyclic) bond motifs is 2. The molecule has 2 aromatic heterocycles. The number of amides is 2. The summed E-state index contributed by atoms with van der Waals surface area (Å²) in [5.74, 6) is -0.0669. The van der Waals surface area contributed by atoms with Crippen molar-refractivity contribution in [2.45, 2.75) is 40.0 Å². The Labute approximate surface area is 189 Å². The molecule has 166 valence electrons. The lowest BCUT2D eigenvalue weighted by Crippen LogP contribution is -2.48. The van der Waals surface area contributed by atoms with Crippen LogP contribution in [0.25, 0.3) is 20.4 Å². The molecule has 0 aliphatic carbocycles. The van der Waals surface area contributed by atoms with Gasteiger partial charge in [-0.2, -0.15) is 0 Å². The number of anilines is 2. The number of carbonyl (C=O) groups is 2. The van der Waals surface area contributed by atoms with Crippen LogP contribution in [-0.4, -0.2) is 64.4 Å². The SMILES string of the molecule is CCN(CC)CC(=O)Nc1nc2cc3nc(N(C(C)=O)N4CCCCC4)sc3cc2s1. The van der Waals surface area contributed by atoms with E-state index in [1.807, 2.05) is 19.9 Å². The Bertz CT molecular complexity index is 1030. The lowest BCUT2D eigenvalue weighted by atomic mass is 10.2. The van der Waals surface area contributed by atoms with Gasteiger partial charge in [0.15, 0.2) is 5.13 Å². The summed E-state index contributed by atoms with van der Waals surface area (Å²) in [5, 5.41) is 8.05. The van der Waals surface area contributed by atoms with Gasteiger partial charge in [0.2, 0.25) is 16.9 Å². The molecule has 4 rings (SSSR count). The summed E-state index contributed by atoms with van der Waals surface area (Å²) in [6.07, 6.45) is 3.39. The lowest BCUT2D eigenvalue weighted by molar-refractivity contribution is -0.120. The standard InChI is InChI=1S/C21H28N6O2S2/c1-4-25(5-2)13-19(29)24-20-22-15-11-16-18(12-17(15)30-20)31-21(23-16)27(14(3)28)26-9-7-6-8-10-26/h11-12H,4-10,13H2,1-3H3,(H,22,24,29). The van der Waals surface area contributed by atoms with Crippen LogP contribution >= 0.6 is 22.7 Å². The van der Waals surface area contributed by atoms with Crippen molar-refractivity contribution in [3.05, 3.63) is 12.1 Å². The van der Waals surface area contributed by atoms with E-state index in [0.29, 0.717) is 16.8 Å². The maximum absolute atomic E-state index is 12.4. The quantitative estimate of drug-likeness (QED) is 0.575. The molecule has 1 N–H and O–H groups in total. The molecule has 0 radical (unpaired) electrons. The van der Waals surface area contributed by atoms with Crippen LogP contribution in [-0.2, 0) is 9.59 Å². The molecule has 8 nitrogen and oxygen atoms in total. The van der Waals surface area contributed by atoms with Gasteiger partial charge in [-0.15, -0.1) is 0 Å². The Hall–Kier alpha value is -2.14. The second-order valence-electron chi connectivity index (χ2n) is 7.66. The number of hydrogen-bond donors (Lipinski definition) is 1. The fourth-order valence-electron chi connectivity index (χ4n) is 3.82. The number of likely N-dealkylation sites (N-methyl/N-ethyl adjacent to an activating group) is 1. The maximum atomic E-state index is 12.4. The first-order valence-corrected chi connectivity index (χ1v) is 12.4. The number of piperidine rings is 1. The van der Waals surface area contributed by atoms with Gasteiger partial charge in [-0.3, -0.25) is 14.5 Å². The van der Waals surface area contributed by atoms with E-state index in [1.54, 1.807) is 11.9 Å². The normalized spacial score (nSPS) is 15.1. The van der Waals surface area contributed by atoms with Crippen LogP contribution < -0.4 is 10.3 Å². The summed E-state index contributed by atoms with van der Waals surface area (Å²) in [6.45, 7) is 9.47. The molecule has 3 aromatic rings. The smallest absolute Gasteiger partial charge is 0.240 e. The van der Waals surface area contributed by atoms with E-state index < -0.39 is 0 Å². The molecular weight excluding hydrogens is 432 g/mol. The van der Waals surface area contributed by atoms with Crippen molar-refractivity contribution in [2.24, 2.45) is 0 Å². The van der Waals surface area contributed by atoms with Gasteiger partial charge in [0.1, 0.15) is 0 Å². The van der Waals surface area contributed by atoms with E-state index in [0.717, 1.165) is 59.5 Å². The van der Waals surface area contributed by atoms with E-state index >= 15 is 0 Å². The molecule has 1 saturated heterocycles. The third-order valence-corrected chi connectivity index (χ3v) is 7.42. The molecule has 1 aromatic carbocycles. The highest BCUT2D eigenvalue weighted by Crippen LogP contribution is 2.36. The second-order valence-corrected chi connectivity index (χ2v) is 9.70. The molecule has 31 heavy (non-hydrogen) atoms. The third-order valence-electron chi connectivity index (χ3n) is 5.49. The first-order chi connectivity index (χ1) is 15.0. The van der Waals surface area contributed by atoms with Crippen LogP contribution in [0.4, 0.5) is 10.3 Å². The van der Waals surface area contributed by atoms with Gasteiger partial charge in [0.05, 0.1) is 27.0 Å². The van der Waals surface area contributed by atoms with Gasteiger partial charge in [0.25, 0.3) is 0 Å². The molecule has 0 bridgehead atoms. The van der Waals surface area contributed by atoms with Crippen LogP contribution in [0.3, 0.4) is 0 Å². The number of thiazole rings is 2. The summed E-state index contributed by atoms with van der Waals surface area (Å²) >= 11 is 2.98. The highest BCUT2D eigenvalue weighted by Gasteiger charge is 2.25. The number of benzene rings is 1. The zero-order chi connectivity index (χ0) is 22.0. The fraction of sp³-hybridized carbons (Fsp3) is 0.524. The third kappa shape index (κ3) is 4.87. The number of aromatic nitrogens is 2. The average Bonchev–Trinajstić information content (AvgIpc) is 3.32. The van der Waals surface area contributed by atoms with Gasteiger partial charge in [-0.1, -0.05) is 42.9 Å². The van der Waals surface area contributed by atoms with Crippen molar-refractivity contribution in [1.29, 1.82) is 0 Å². The molecule has 0 unspecified atom stereocenters. The molecule has 0 spiro atoms. The number of nitrogens with zero attached hydrogens (tertiary/aromatic N) is 5. The zero-order valence-electron chi connectivity index (χ0n) is 18.2. The number of hydrazine groups is 1. The Kier molecular flexibility index (Phi) is 6.80. The number of carbonyl (C=O) groups excluding carboxylic acids is 2. The zero-order valence-corrected chi connectivity index (χ0v) is 19.8. The van der Waals surface area contributed by atoms with Crippen molar-refractivity contribution < 1.29 is 9.59 Å². The van der Waals surface area contributed by atoms with E-state index in [-0.39, 0.29) is 11.8 Å². The topological polar surface area (TPSA) is 81.7 Å². The molecule has 2 amide bonds. The first kappa shape index (κ1) is 22.1. The van der Waals surface area contributed by atoms with Crippen molar-refractivity contribution in [2.75, 3.05) is 43.0 Å². The first-order valence-electron chi connectivity index (χ1n) is 10.8. The van der Waals surface area contributed by atoms with E-state index in [9.17, 15) is 9.59 Å². The Morgan fingerprint density at radius 3 is 2.39 bits per heavy atom. The van der Waals surface area contributed by atoms with Crippen LogP contribution in [0.15, 0.2) is 12.1 Å². The van der Waals surface area contributed by atoms with Crippen LogP contribution in [0.2, 0.25) is 0 Å². The van der Waals surface area contributed by atoms with Gasteiger partial charge in [-0.05, 0) is 38.1 Å². The lowest BCUT2D eigenvalue weighted by Gasteiger charge is -2.34. The molecule has 0 atom stereocenters. The Balaban J connectivity index is 1.57. The predicted octanol–water partition coefficient (Wildman–Crippen LogP) is 3.94. The molecular formula is C21H28N6O2S2. The molecule has 1 aliphatic heterocycles. The predicted molar refractivity (Wildman–Crippen MR) is 128 cm³/mol. The van der Waals surface area contributed by atoms with Crippen LogP contribution in [0.5, 0.6) is 0 Å². The molecule has 10 heteroatoms. The van der Waals surface area contributed by atoms with E-state index in [1.165, 1.54) is 29.1 Å². The average molecular weight is 461 g/mol. The largest absolute Gasteiger partial charge is 0.301 e. The minimum absolute atomic E-state index is 0.0147. The fourth-order valence-corrected chi connectivity index (χ4v) is 5.86. The monoisotopic (exact) mass is 460 g/mol. The van der Waals surface area contributed by atoms with Crippen molar-refractivity contribution in [3.63, 3.8) is 0 Å². The van der Waals surface area contributed by atoms with Gasteiger partial charge in [-0.25, -0.2) is 20.0 Å². The summed E-state index contributed by atoms with van der Waals surface area (Å²) in [5.41, 5.74) is 1.63. The van der Waals surface area contributed by atoms with Crippen molar-refractivity contribution in [3.8, 4) is 0 Å². The van der Waals surface area contributed by atoms with E-state index in [2.05, 4.69) is 26.3 Å². The van der Waals surface area contributed by atoms with Gasteiger partial charge >= 0.3 is 0 Å². The van der Waals surface area contributed by atoms with Gasteiger partial charge in [0, 0.05) is 20.0 Å². The summed E-state index contributed by atoms with van der Waals surface area (Å²) < 4.78 is 2.00. The minimum atomic E-state index is -0.0522. The molecule has 0 saturated carbocycles. The van der Waals surface area contributed by atoms with E-state index in [4.69, 9.17) is 4.98 Å². The van der Waals surface area contributed by atoms with Crippen LogP contribution in [0, 0.1) is 0 Å². The highest BCUT2D eigenvalue weighted by atomic mass is 32.1. The van der Waals surface area contributed by atoms with Gasteiger partial charge < -0.3 is 5.32 Å². The molecule has 3 heterocycles. The molecule has 1 fully saturated rings. The summed E-state index contributed by atoms with van der Waals surface area (Å²) in [6, 6.07) is 3.99.